The van der Waals surface area contributed by atoms with E-state index in [2.05, 4.69) is 96.2 Å². The van der Waals surface area contributed by atoms with Crippen LogP contribution in [0, 0.1) is 0 Å². The minimum absolute atomic E-state index is 0.295. The van der Waals surface area contributed by atoms with Crippen molar-refractivity contribution in [2.24, 2.45) is 0 Å². The molecular formula is C24H50O6Si5. The molecule has 1 heterocycles. The first-order valence-corrected chi connectivity index (χ1v) is 27.0. The molecule has 0 saturated carbocycles. The molecule has 0 N–H and O–H groups in total. The summed E-state index contributed by atoms with van der Waals surface area (Å²) in [6.45, 7) is 24.6. The molecule has 11 heteroatoms. The van der Waals surface area contributed by atoms with Crippen LogP contribution in [0.15, 0.2) is 30.3 Å². The molecule has 0 spiro atoms. The van der Waals surface area contributed by atoms with Gasteiger partial charge in [-0.05, 0) is 88.9 Å². The SMILES string of the molecule is CC(C[Si](C)(O[Si](C)(C)C)O[Si](C)(CCCOCC1CO1)O[SiH](C)O[Si](C)(C)C)c1ccccc1. The van der Waals surface area contributed by atoms with Crippen LogP contribution >= 0.6 is 0 Å². The van der Waals surface area contributed by atoms with E-state index in [0.717, 1.165) is 25.1 Å². The number of hydrogen-bond acceptors (Lipinski definition) is 6. The molecule has 5 atom stereocenters. The molecule has 0 amide bonds. The number of ether oxygens (including phenoxy) is 2. The van der Waals surface area contributed by atoms with E-state index < -0.39 is 43.0 Å². The van der Waals surface area contributed by atoms with Gasteiger partial charge in [-0.2, -0.15) is 0 Å². The van der Waals surface area contributed by atoms with Gasteiger partial charge in [0.25, 0.3) is 9.28 Å². The highest BCUT2D eigenvalue weighted by Crippen LogP contribution is 2.34. The van der Waals surface area contributed by atoms with E-state index in [1.54, 1.807) is 0 Å². The van der Waals surface area contributed by atoms with Gasteiger partial charge < -0.3 is 25.9 Å². The highest BCUT2D eigenvalue weighted by Gasteiger charge is 2.47. The standard InChI is InChI=1S/C24H50O6Si5/c1-22(23-15-12-11-13-16-23)21-35(10,29-33(6,7)8)30-34(9,28-31(2)27-32(3,4)5)18-14-17-25-19-24-20-26-24/h11-13,15-16,22,24,31H,14,17-21H2,1-10H3. The van der Waals surface area contributed by atoms with E-state index in [1.807, 2.05) is 0 Å². The Bertz CT molecular complexity index is 755. The summed E-state index contributed by atoms with van der Waals surface area (Å²) in [6.07, 6.45) is 1.21. The Labute approximate surface area is 220 Å². The molecule has 1 saturated heterocycles. The van der Waals surface area contributed by atoms with Crippen molar-refractivity contribution in [2.75, 3.05) is 19.8 Å². The highest BCUT2D eigenvalue weighted by molar-refractivity contribution is 6.88. The summed E-state index contributed by atoms with van der Waals surface area (Å²) in [6, 6.07) is 12.5. The molecule has 5 unspecified atom stereocenters. The van der Waals surface area contributed by atoms with Gasteiger partial charge in [-0.1, -0.05) is 37.3 Å². The molecule has 35 heavy (non-hydrogen) atoms. The Hall–Kier alpha value is 0.0644. The maximum absolute atomic E-state index is 7.18. The largest absolute Gasteiger partial charge is 0.439 e. The molecule has 0 aromatic heterocycles. The van der Waals surface area contributed by atoms with Gasteiger partial charge in [-0.25, -0.2) is 0 Å². The van der Waals surface area contributed by atoms with E-state index in [9.17, 15) is 0 Å². The van der Waals surface area contributed by atoms with Gasteiger partial charge in [-0.15, -0.1) is 0 Å². The fourth-order valence-electron chi connectivity index (χ4n) is 4.55. The third-order valence-corrected chi connectivity index (χ3v) is 23.3. The second kappa shape index (κ2) is 13.2. The summed E-state index contributed by atoms with van der Waals surface area (Å²) in [5.41, 5.74) is 1.33. The fraction of sp³-hybridized carbons (Fsp3) is 0.750. The van der Waals surface area contributed by atoms with Crippen molar-refractivity contribution in [1.29, 1.82) is 0 Å². The Kier molecular flexibility index (Phi) is 11.8. The summed E-state index contributed by atoms with van der Waals surface area (Å²) in [5, 5.41) is 0. The van der Waals surface area contributed by atoms with Crippen molar-refractivity contribution < 1.29 is 25.9 Å². The third-order valence-electron chi connectivity index (χ3n) is 5.56. The number of rotatable bonds is 17. The average Bonchev–Trinajstić information content (AvgIpc) is 3.49. The smallest absolute Gasteiger partial charge is 0.317 e. The lowest BCUT2D eigenvalue weighted by Crippen LogP contribution is -2.58. The van der Waals surface area contributed by atoms with E-state index in [-0.39, 0.29) is 0 Å². The number of hydrogen-bond donors (Lipinski definition) is 0. The lowest BCUT2D eigenvalue weighted by atomic mass is 10.0. The zero-order chi connectivity index (χ0) is 26.3. The predicted octanol–water partition coefficient (Wildman–Crippen LogP) is 6.33. The summed E-state index contributed by atoms with van der Waals surface area (Å²) >= 11 is 0. The van der Waals surface area contributed by atoms with Crippen molar-refractivity contribution in [1.82, 2.24) is 0 Å². The summed E-state index contributed by atoms with van der Waals surface area (Å²) < 4.78 is 38.4. The van der Waals surface area contributed by atoms with Crippen LogP contribution in [0.3, 0.4) is 0 Å². The lowest BCUT2D eigenvalue weighted by molar-refractivity contribution is 0.115. The van der Waals surface area contributed by atoms with Gasteiger partial charge >= 0.3 is 17.1 Å². The molecule has 0 bridgehead atoms. The summed E-state index contributed by atoms with van der Waals surface area (Å²) in [5.74, 6) is 0.359. The predicted molar refractivity (Wildman–Crippen MR) is 157 cm³/mol. The monoisotopic (exact) mass is 574 g/mol. The molecule has 0 aliphatic carbocycles. The van der Waals surface area contributed by atoms with Crippen LogP contribution in [-0.2, 0) is 25.9 Å². The van der Waals surface area contributed by atoms with E-state index >= 15 is 0 Å². The van der Waals surface area contributed by atoms with Crippen LogP contribution in [-0.4, -0.2) is 69.0 Å². The van der Waals surface area contributed by atoms with Crippen molar-refractivity contribution in [3.05, 3.63) is 35.9 Å². The Morgan fingerprint density at radius 2 is 1.54 bits per heavy atom. The first-order chi connectivity index (χ1) is 16.1. The minimum Gasteiger partial charge on any atom is -0.439 e. The second-order valence-electron chi connectivity index (χ2n) is 12.1. The normalized spacial score (nSPS) is 21.7. The first kappa shape index (κ1) is 31.3. The summed E-state index contributed by atoms with van der Waals surface area (Å²) in [7, 11) is -10.5. The van der Waals surface area contributed by atoms with Gasteiger partial charge in [0.2, 0.25) is 0 Å². The molecule has 1 aliphatic rings. The van der Waals surface area contributed by atoms with E-state index in [1.165, 1.54) is 5.56 Å². The zero-order valence-electron chi connectivity index (χ0n) is 23.8. The zero-order valence-corrected chi connectivity index (χ0v) is 29.0. The Morgan fingerprint density at radius 3 is 2.09 bits per heavy atom. The quantitative estimate of drug-likeness (QED) is 0.123. The molecule has 1 fully saturated rings. The molecule has 202 valence electrons. The van der Waals surface area contributed by atoms with Crippen LogP contribution < -0.4 is 0 Å². The maximum Gasteiger partial charge on any atom is 0.317 e. The molecular weight excluding hydrogens is 525 g/mol. The van der Waals surface area contributed by atoms with E-state index in [4.69, 9.17) is 25.9 Å². The molecule has 2 rings (SSSR count). The molecule has 1 aliphatic heterocycles. The Morgan fingerprint density at radius 1 is 0.914 bits per heavy atom. The lowest BCUT2D eigenvalue weighted by Gasteiger charge is -2.43. The van der Waals surface area contributed by atoms with Crippen LogP contribution in [0.2, 0.25) is 71.0 Å². The Balaban J connectivity index is 2.18. The molecule has 1 aromatic carbocycles. The van der Waals surface area contributed by atoms with Gasteiger partial charge in [0.15, 0.2) is 16.6 Å². The van der Waals surface area contributed by atoms with Crippen LogP contribution in [0.5, 0.6) is 0 Å². The van der Waals surface area contributed by atoms with Gasteiger partial charge in [-0.3, -0.25) is 0 Å². The van der Waals surface area contributed by atoms with E-state index in [0.29, 0.717) is 25.2 Å². The van der Waals surface area contributed by atoms with Crippen molar-refractivity contribution in [2.45, 2.75) is 96.4 Å². The van der Waals surface area contributed by atoms with Crippen molar-refractivity contribution in [3.8, 4) is 0 Å². The maximum atomic E-state index is 7.18. The van der Waals surface area contributed by atoms with Crippen LogP contribution in [0.4, 0.5) is 0 Å². The van der Waals surface area contributed by atoms with Crippen LogP contribution in [0.25, 0.3) is 0 Å². The second-order valence-corrected chi connectivity index (χ2v) is 30.7. The van der Waals surface area contributed by atoms with Crippen LogP contribution in [0.1, 0.15) is 24.8 Å². The molecule has 1 aromatic rings. The molecule has 0 radical (unpaired) electrons. The number of epoxide rings is 1. The topological polar surface area (TPSA) is 58.7 Å². The fourth-order valence-corrected chi connectivity index (χ4v) is 25.6. The summed E-state index contributed by atoms with van der Waals surface area (Å²) in [4.78, 5) is 0. The third kappa shape index (κ3) is 13.4. The first-order valence-electron chi connectivity index (χ1n) is 13.1. The van der Waals surface area contributed by atoms with Gasteiger partial charge in [0.1, 0.15) is 6.10 Å². The van der Waals surface area contributed by atoms with Crippen molar-refractivity contribution in [3.63, 3.8) is 0 Å². The van der Waals surface area contributed by atoms with Gasteiger partial charge in [0.05, 0.1) is 13.2 Å². The van der Waals surface area contributed by atoms with Gasteiger partial charge in [0, 0.05) is 6.61 Å². The average molecular weight is 575 g/mol. The molecule has 6 nitrogen and oxygen atoms in total. The number of benzene rings is 1. The highest BCUT2D eigenvalue weighted by atomic mass is 28.5. The van der Waals surface area contributed by atoms with Crippen molar-refractivity contribution >= 4 is 43.0 Å². The minimum atomic E-state index is -2.57.